The van der Waals surface area contributed by atoms with Crippen molar-refractivity contribution < 1.29 is 14.8 Å². The first-order valence-electron chi connectivity index (χ1n) is 10.6. The van der Waals surface area contributed by atoms with Crippen LogP contribution in [0.5, 0.6) is 5.75 Å². The minimum Gasteiger partial charge on any atom is -0.495 e. The van der Waals surface area contributed by atoms with E-state index in [-0.39, 0.29) is 17.9 Å². The van der Waals surface area contributed by atoms with E-state index in [1.165, 1.54) is 16.5 Å². The van der Waals surface area contributed by atoms with E-state index in [2.05, 4.69) is 64.3 Å². The molecule has 0 spiro atoms. The zero-order valence-electron chi connectivity index (χ0n) is 17.8. The maximum absolute atomic E-state index is 12.8. The fourth-order valence-corrected chi connectivity index (χ4v) is 3.95. The maximum atomic E-state index is 12.8. The van der Waals surface area contributed by atoms with Gasteiger partial charge in [-0.1, -0.05) is 60.7 Å². The van der Waals surface area contributed by atoms with Crippen LogP contribution >= 0.6 is 0 Å². The van der Waals surface area contributed by atoms with Crippen molar-refractivity contribution in [2.24, 2.45) is 0 Å². The fraction of sp³-hybridized carbons (Fsp3) is 0.192. The monoisotopic (exact) mass is 414 g/mol. The highest BCUT2D eigenvalue weighted by molar-refractivity contribution is 5.94. The number of H-pyrrole nitrogens is 1. The van der Waals surface area contributed by atoms with Crippen molar-refractivity contribution in [3.05, 3.63) is 96.2 Å². The average molecular weight is 415 g/mol. The summed E-state index contributed by atoms with van der Waals surface area (Å²) < 4.78 is 5.34. The first-order valence-corrected chi connectivity index (χ1v) is 10.6. The molecule has 0 saturated carbocycles. The molecule has 1 amide bonds. The molecule has 0 unspecified atom stereocenters. The van der Waals surface area contributed by atoms with Gasteiger partial charge in [0.25, 0.3) is 5.91 Å². The quantitative estimate of drug-likeness (QED) is 0.409. The van der Waals surface area contributed by atoms with E-state index in [9.17, 15) is 4.79 Å². The minimum absolute atomic E-state index is 0.0461. The third-order valence-electron chi connectivity index (χ3n) is 5.70. The molecule has 0 aliphatic heterocycles. The number of nitrogens with one attached hydrogen (secondary N) is 2. The summed E-state index contributed by atoms with van der Waals surface area (Å²) in [6, 6.07) is 26.0. The predicted octanol–water partition coefficient (Wildman–Crippen LogP) is 3.90. The molecule has 5 heteroatoms. The molecule has 4 aromatic rings. The first-order chi connectivity index (χ1) is 15.2. The Morgan fingerprint density at radius 3 is 2.52 bits per heavy atom. The molecule has 4 rings (SSSR count). The Bertz CT molecular complexity index is 1150. The summed E-state index contributed by atoms with van der Waals surface area (Å²) in [6.45, 7) is 2.69. The molecule has 1 heterocycles. The van der Waals surface area contributed by atoms with Gasteiger partial charge in [-0.3, -0.25) is 4.79 Å². The number of benzene rings is 3. The maximum Gasteiger partial charge on any atom is 0.282 e. The number of aromatic amines is 1. The molecule has 0 radical (unpaired) electrons. The second-order valence-corrected chi connectivity index (χ2v) is 7.70. The van der Waals surface area contributed by atoms with Crippen LogP contribution in [0.4, 0.5) is 5.69 Å². The van der Waals surface area contributed by atoms with Gasteiger partial charge in [-0.2, -0.15) is 0 Å². The zero-order valence-corrected chi connectivity index (χ0v) is 17.8. The summed E-state index contributed by atoms with van der Waals surface area (Å²) in [7, 11) is 1.60. The molecule has 0 aliphatic carbocycles. The first kappa shape index (κ1) is 20.7. The summed E-state index contributed by atoms with van der Waals surface area (Å²) in [5.74, 6) is 0.776. The summed E-state index contributed by atoms with van der Waals surface area (Å²) in [5, 5.41) is 6.31. The number of ether oxygens (including phenoxy) is 1. The molecule has 5 nitrogen and oxygen atoms in total. The van der Waals surface area contributed by atoms with E-state index >= 15 is 0 Å². The third kappa shape index (κ3) is 4.62. The number of para-hydroxylation sites is 3. The number of rotatable bonds is 8. The van der Waals surface area contributed by atoms with Gasteiger partial charge in [0.2, 0.25) is 0 Å². The Labute approximate surface area is 182 Å². The number of aromatic nitrogens is 1. The van der Waals surface area contributed by atoms with E-state index in [0.717, 1.165) is 12.1 Å². The fourth-order valence-electron chi connectivity index (χ4n) is 3.95. The lowest BCUT2D eigenvalue weighted by Gasteiger charge is -2.19. The highest BCUT2D eigenvalue weighted by Crippen LogP contribution is 2.30. The Kier molecular flexibility index (Phi) is 6.34. The molecule has 0 saturated heterocycles. The summed E-state index contributed by atoms with van der Waals surface area (Å²) in [6.07, 6.45) is 2.09. The van der Waals surface area contributed by atoms with Crippen molar-refractivity contribution in [2.45, 2.75) is 18.9 Å². The van der Waals surface area contributed by atoms with Crippen molar-refractivity contribution in [3.8, 4) is 5.75 Å². The number of hydrogen-bond donors (Lipinski definition) is 3. The number of methoxy groups -OCH3 is 1. The molecule has 0 fully saturated rings. The van der Waals surface area contributed by atoms with Crippen LogP contribution < -0.4 is 15.4 Å². The Balaban J connectivity index is 1.52. The second kappa shape index (κ2) is 9.49. The number of carbonyl (C=O) groups is 1. The Hall–Kier alpha value is -3.57. The van der Waals surface area contributed by atoms with Gasteiger partial charge in [0, 0.05) is 17.1 Å². The van der Waals surface area contributed by atoms with Crippen LogP contribution in [-0.2, 0) is 4.79 Å². The van der Waals surface area contributed by atoms with Gasteiger partial charge in [0.1, 0.15) is 5.75 Å². The SMILES string of the molecule is COc1ccccc1NC(=O)[C@@H](C)[NH2+]C[C@@H](c1ccccc1)c1c[nH]c2ccccc12. The van der Waals surface area contributed by atoms with Crippen molar-refractivity contribution in [1.82, 2.24) is 4.98 Å². The summed E-state index contributed by atoms with van der Waals surface area (Å²) in [4.78, 5) is 16.2. The molecule has 1 aromatic heterocycles. The van der Waals surface area contributed by atoms with Crippen molar-refractivity contribution in [3.63, 3.8) is 0 Å². The number of carbonyl (C=O) groups excluding carboxylic acids is 1. The molecule has 3 aromatic carbocycles. The molecule has 31 heavy (non-hydrogen) atoms. The number of amides is 1. The van der Waals surface area contributed by atoms with Crippen LogP contribution in [0.25, 0.3) is 10.9 Å². The van der Waals surface area contributed by atoms with Gasteiger partial charge in [-0.25, -0.2) is 0 Å². The molecule has 4 N–H and O–H groups in total. The molecular formula is C26H28N3O2+. The standard InChI is InChI=1S/C26H27N3O2/c1-18(26(30)29-24-14-8-9-15-25(24)31-2)27-16-21(19-10-4-3-5-11-19)22-17-28-23-13-7-6-12-20(22)23/h3-15,17-18,21,27-28H,16H2,1-2H3,(H,29,30)/p+1/t18-,21+/m1/s1. The second-order valence-electron chi connectivity index (χ2n) is 7.70. The molecule has 158 valence electrons. The van der Waals surface area contributed by atoms with Gasteiger partial charge >= 0.3 is 0 Å². The number of anilines is 1. The van der Waals surface area contributed by atoms with Crippen LogP contribution in [0.15, 0.2) is 85.1 Å². The number of quaternary nitrogens is 1. The highest BCUT2D eigenvalue weighted by atomic mass is 16.5. The lowest BCUT2D eigenvalue weighted by Crippen LogP contribution is -2.92. The average Bonchev–Trinajstić information content (AvgIpc) is 3.24. The predicted molar refractivity (Wildman–Crippen MR) is 124 cm³/mol. The van der Waals surface area contributed by atoms with E-state index in [0.29, 0.717) is 11.4 Å². The number of nitrogens with two attached hydrogens (primary N) is 1. The Morgan fingerprint density at radius 1 is 1.00 bits per heavy atom. The molecule has 2 atom stereocenters. The summed E-state index contributed by atoms with van der Waals surface area (Å²) in [5.41, 5.74) is 4.29. The smallest absolute Gasteiger partial charge is 0.282 e. The van der Waals surface area contributed by atoms with E-state index in [4.69, 9.17) is 4.74 Å². The van der Waals surface area contributed by atoms with Crippen molar-refractivity contribution in [1.29, 1.82) is 0 Å². The van der Waals surface area contributed by atoms with Gasteiger partial charge in [-0.05, 0) is 36.2 Å². The molecule has 0 aliphatic rings. The summed E-state index contributed by atoms with van der Waals surface area (Å²) >= 11 is 0. The topological polar surface area (TPSA) is 70.7 Å². The van der Waals surface area contributed by atoms with Crippen molar-refractivity contribution in [2.75, 3.05) is 19.0 Å². The van der Waals surface area contributed by atoms with Gasteiger partial charge in [0.05, 0.1) is 25.3 Å². The Morgan fingerprint density at radius 2 is 1.71 bits per heavy atom. The van der Waals surface area contributed by atoms with E-state index < -0.39 is 0 Å². The normalized spacial score (nSPS) is 13.0. The van der Waals surface area contributed by atoms with Crippen molar-refractivity contribution >= 4 is 22.5 Å². The highest BCUT2D eigenvalue weighted by Gasteiger charge is 2.24. The van der Waals surface area contributed by atoms with Crippen LogP contribution in [0.1, 0.15) is 24.0 Å². The lowest BCUT2D eigenvalue weighted by atomic mass is 9.90. The number of hydrogen-bond acceptors (Lipinski definition) is 2. The van der Waals surface area contributed by atoms with Gasteiger partial charge in [0.15, 0.2) is 6.04 Å². The van der Waals surface area contributed by atoms with Crippen LogP contribution in [0.3, 0.4) is 0 Å². The van der Waals surface area contributed by atoms with Crippen LogP contribution in [0.2, 0.25) is 0 Å². The zero-order chi connectivity index (χ0) is 21.6. The van der Waals surface area contributed by atoms with E-state index in [1.54, 1.807) is 7.11 Å². The van der Waals surface area contributed by atoms with Gasteiger partial charge < -0.3 is 20.4 Å². The van der Waals surface area contributed by atoms with Crippen LogP contribution in [0, 0.1) is 0 Å². The van der Waals surface area contributed by atoms with Crippen LogP contribution in [-0.4, -0.2) is 30.6 Å². The van der Waals surface area contributed by atoms with E-state index in [1.807, 2.05) is 43.3 Å². The number of fused-ring (bicyclic) bond motifs is 1. The van der Waals surface area contributed by atoms with Gasteiger partial charge in [-0.15, -0.1) is 0 Å². The lowest BCUT2D eigenvalue weighted by molar-refractivity contribution is -0.674. The largest absolute Gasteiger partial charge is 0.495 e. The molecule has 0 bridgehead atoms. The minimum atomic E-state index is -0.249. The third-order valence-corrected chi connectivity index (χ3v) is 5.70. The molecular weight excluding hydrogens is 386 g/mol.